The first-order valence-corrected chi connectivity index (χ1v) is 8.59. The molecule has 7 nitrogen and oxygen atoms in total. The molecule has 7 heteroatoms. The van der Waals surface area contributed by atoms with Gasteiger partial charge in [-0.2, -0.15) is 0 Å². The van der Waals surface area contributed by atoms with Gasteiger partial charge in [0.15, 0.2) is 5.69 Å². The summed E-state index contributed by atoms with van der Waals surface area (Å²) in [4.78, 5) is 18.7. The van der Waals surface area contributed by atoms with Crippen molar-refractivity contribution in [3.8, 4) is 0 Å². The Labute approximate surface area is 145 Å². The van der Waals surface area contributed by atoms with Crippen molar-refractivity contribution >= 4 is 5.91 Å². The summed E-state index contributed by atoms with van der Waals surface area (Å²) in [6.07, 6.45) is 5.14. The third kappa shape index (κ3) is 3.29. The lowest BCUT2D eigenvalue weighted by molar-refractivity contribution is -0.0810. The molecule has 0 N–H and O–H groups in total. The minimum atomic E-state index is -0.151. The van der Waals surface area contributed by atoms with Crippen LogP contribution in [0, 0.1) is 6.92 Å². The molecule has 4 heterocycles. The Morgan fingerprint density at radius 3 is 3.16 bits per heavy atom. The fourth-order valence-electron chi connectivity index (χ4n) is 3.59. The smallest absolute Gasteiger partial charge is 0.276 e. The number of nitrogens with zero attached hydrogens (tertiary/aromatic N) is 3. The molecule has 1 amide bonds. The SMILES string of the molecule is Cc1cc(C(=O)N2C[C@@H](OCc3cccnc3)[C@H]3OCCC[C@H]32)no1. The second-order valence-electron chi connectivity index (χ2n) is 6.54. The van der Waals surface area contributed by atoms with Crippen molar-refractivity contribution in [3.63, 3.8) is 0 Å². The molecule has 2 fully saturated rings. The topological polar surface area (TPSA) is 77.7 Å². The van der Waals surface area contributed by atoms with Crippen LogP contribution in [0.1, 0.15) is 34.7 Å². The molecule has 3 atom stereocenters. The molecule has 132 valence electrons. The van der Waals surface area contributed by atoms with E-state index in [-0.39, 0.29) is 24.2 Å². The molecule has 25 heavy (non-hydrogen) atoms. The quantitative estimate of drug-likeness (QED) is 0.845. The van der Waals surface area contributed by atoms with E-state index in [0.717, 1.165) is 18.4 Å². The van der Waals surface area contributed by atoms with E-state index in [1.54, 1.807) is 25.4 Å². The highest BCUT2D eigenvalue weighted by Gasteiger charge is 2.47. The predicted octanol–water partition coefficient (Wildman–Crippen LogP) is 1.97. The normalized spacial score (nSPS) is 25.8. The Balaban J connectivity index is 1.48. The van der Waals surface area contributed by atoms with E-state index in [0.29, 0.717) is 31.2 Å². The number of aryl methyl sites for hydroxylation is 1. The summed E-state index contributed by atoms with van der Waals surface area (Å²) in [5.41, 5.74) is 1.35. The zero-order valence-electron chi connectivity index (χ0n) is 14.1. The van der Waals surface area contributed by atoms with Crippen molar-refractivity contribution in [2.45, 2.75) is 44.6 Å². The van der Waals surface area contributed by atoms with E-state index in [9.17, 15) is 4.79 Å². The van der Waals surface area contributed by atoms with Gasteiger partial charge >= 0.3 is 0 Å². The van der Waals surface area contributed by atoms with Gasteiger partial charge in [0.25, 0.3) is 5.91 Å². The minimum absolute atomic E-state index is 0.0251. The second kappa shape index (κ2) is 6.93. The van der Waals surface area contributed by atoms with Crippen LogP contribution in [0.4, 0.5) is 0 Å². The molecule has 2 aliphatic heterocycles. The van der Waals surface area contributed by atoms with Gasteiger partial charge in [-0.1, -0.05) is 11.2 Å². The second-order valence-corrected chi connectivity index (χ2v) is 6.54. The monoisotopic (exact) mass is 343 g/mol. The van der Waals surface area contributed by atoms with Crippen molar-refractivity contribution in [2.75, 3.05) is 13.2 Å². The van der Waals surface area contributed by atoms with E-state index in [1.807, 2.05) is 17.0 Å². The average molecular weight is 343 g/mol. The maximum atomic E-state index is 12.8. The number of likely N-dealkylation sites (tertiary alicyclic amines) is 1. The van der Waals surface area contributed by atoms with E-state index >= 15 is 0 Å². The summed E-state index contributed by atoms with van der Waals surface area (Å²) in [5.74, 6) is 0.508. The molecule has 4 rings (SSSR count). The predicted molar refractivity (Wildman–Crippen MR) is 87.9 cm³/mol. The zero-order chi connectivity index (χ0) is 17.2. The lowest BCUT2D eigenvalue weighted by atomic mass is 10.0. The fourth-order valence-corrected chi connectivity index (χ4v) is 3.59. The summed E-state index contributed by atoms with van der Waals surface area (Å²) >= 11 is 0. The molecule has 2 aromatic heterocycles. The molecule has 0 bridgehead atoms. The van der Waals surface area contributed by atoms with Gasteiger partial charge < -0.3 is 18.9 Å². The van der Waals surface area contributed by atoms with Gasteiger partial charge in [0.05, 0.1) is 19.2 Å². The van der Waals surface area contributed by atoms with Crippen LogP contribution in [0.15, 0.2) is 35.1 Å². The Bertz CT molecular complexity index is 733. The largest absolute Gasteiger partial charge is 0.373 e. The lowest BCUT2D eigenvalue weighted by Gasteiger charge is -2.31. The first-order chi connectivity index (χ1) is 12.2. The van der Waals surface area contributed by atoms with Crippen LogP contribution >= 0.6 is 0 Å². The average Bonchev–Trinajstić information content (AvgIpc) is 3.24. The van der Waals surface area contributed by atoms with Gasteiger partial charge in [0.2, 0.25) is 0 Å². The third-order valence-electron chi connectivity index (χ3n) is 4.77. The molecule has 2 saturated heterocycles. The number of carbonyl (C=O) groups is 1. The summed E-state index contributed by atoms with van der Waals surface area (Å²) in [5, 5.41) is 3.86. The Hall–Kier alpha value is -2.25. The maximum Gasteiger partial charge on any atom is 0.276 e. The molecule has 0 spiro atoms. The Morgan fingerprint density at radius 1 is 1.48 bits per heavy atom. The van der Waals surface area contributed by atoms with Gasteiger partial charge in [-0.3, -0.25) is 9.78 Å². The van der Waals surface area contributed by atoms with Gasteiger partial charge in [-0.25, -0.2) is 0 Å². The molecular weight excluding hydrogens is 322 g/mol. The number of fused-ring (bicyclic) bond motifs is 1. The Kier molecular flexibility index (Phi) is 4.50. The molecule has 0 aliphatic carbocycles. The van der Waals surface area contributed by atoms with Crippen molar-refractivity contribution in [2.24, 2.45) is 0 Å². The number of hydrogen-bond donors (Lipinski definition) is 0. The van der Waals surface area contributed by atoms with Crippen LogP contribution in [0.25, 0.3) is 0 Å². The first kappa shape index (κ1) is 16.2. The summed E-state index contributed by atoms with van der Waals surface area (Å²) in [6.45, 7) is 3.44. The van der Waals surface area contributed by atoms with Crippen LogP contribution in [0.2, 0.25) is 0 Å². The van der Waals surface area contributed by atoms with Gasteiger partial charge in [0, 0.05) is 25.1 Å². The number of carbonyl (C=O) groups excluding carboxylic acids is 1. The van der Waals surface area contributed by atoms with Crippen molar-refractivity contribution < 1.29 is 18.8 Å². The molecule has 0 radical (unpaired) electrons. The number of amides is 1. The summed E-state index contributed by atoms with van der Waals surface area (Å²) < 4.78 is 17.1. The number of ether oxygens (including phenoxy) is 2. The molecule has 2 aromatic rings. The fraction of sp³-hybridized carbons (Fsp3) is 0.500. The summed E-state index contributed by atoms with van der Waals surface area (Å²) in [6, 6.07) is 5.56. The standard InChI is InChI=1S/C18H21N3O4/c1-12-8-14(20-25-12)18(22)21-10-16(17-15(21)5-3-7-23-17)24-11-13-4-2-6-19-9-13/h2,4,6,8-9,15-17H,3,5,7,10-11H2,1H3/t15-,16-,17+/m1/s1. The van der Waals surface area contributed by atoms with E-state index in [1.165, 1.54) is 0 Å². The lowest BCUT2D eigenvalue weighted by Crippen LogP contribution is -2.44. The highest BCUT2D eigenvalue weighted by atomic mass is 16.5. The summed E-state index contributed by atoms with van der Waals surface area (Å²) in [7, 11) is 0. The molecule has 2 aliphatic rings. The van der Waals surface area contributed by atoms with E-state index in [4.69, 9.17) is 14.0 Å². The van der Waals surface area contributed by atoms with Crippen molar-refractivity contribution in [1.29, 1.82) is 0 Å². The number of hydrogen-bond acceptors (Lipinski definition) is 6. The van der Waals surface area contributed by atoms with Gasteiger partial charge in [0.1, 0.15) is 18.0 Å². The zero-order valence-corrected chi connectivity index (χ0v) is 14.1. The van der Waals surface area contributed by atoms with Crippen LogP contribution in [0.3, 0.4) is 0 Å². The van der Waals surface area contributed by atoms with Crippen LogP contribution in [0.5, 0.6) is 0 Å². The molecule has 0 unspecified atom stereocenters. The highest BCUT2D eigenvalue weighted by molar-refractivity contribution is 5.92. The molecule has 0 aromatic carbocycles. The van der Waals surface area contributed by atoms with E-state index < -0.39 is 0 Å². The van der Waals surface area contributed by atoms with E-state index in [2.05, 4.69) is 10.1 Å². The van der Waals surface area contributed by atoms with Crippen LogP contribution in [-0.2, 0) is 16.1 Å². The molecular formula is C18H21N3O4. The van der Waals surface area contributed by atoms with Crippen molar-refractivity contribution in [1.82, 2.24) is 15.0 Å². The minimum Gasteiger partial charge on any atom is -0.373 e. The Morgan fingerprint density at radius 2 is 2.40 bits per heavy atom. The number of pyridine rings is 1. The van der Waals surface area contributed by atoms with Crippen molar-refractivity contribution in [3.05, 3.63) is 47.6 Å². The molecule has 0 saturated carbocycles. The van der Waals surface area contributed by atoms with Gasteiger partial charge in [-0.15, -0.1) is 0 Å². The van der Waals surface area contributed by atoms with Crippen LogP contribution < -0.4 is 0 Å². The number of rotatable bonds is 4. The van der Waals surface area contributed by atoms with Gasteiger partial charge in [-0.05, 0) is 31.4 Å². The van der Waals surface area contributed by atoms with Crippen LogP contribution in [-0.4, -0.2) is 52.3 Å². The first-order valence-electron chi connectivity index (χ1n) is 8.59. The maximum absolute atomic E-state index is 12.8. The third-order valence-corrected chi connectivity index (χ3v) is 4.77. The highest BCUT2D eigenvalue weighted by Crippen LogP contribution is 2.32. The number of aromatic nitrogens is 2.